The lowest BCUT2D eigenvalue weighted by Gasteiger charge is -2.09. The molecule has 0 bridgehead atoms. The Kier molecular flexibility index (Phi) is 5.35. The molecule has 1 atom stereocenters. The number of benzene rings is 2. The van der Waals surface area contributed by atoms with Gasteiger partial charge in [-0.2, -0.15) is 0 Å². The molecule has 2 aromatic carbocycles. The number of hydrogen-bond acceptors (Lipinski definition) is 5. The molecule has 0 saturated heterocycles. The predicted octanol–water partition coefficient (Wildman–Crippen LogP) is 3.60. The maximum absolute atomic E-state index is 12.3. The van der Waals surface area contributed by atoms with Crippen LogP contribution in [0.2, 0.25) is 0 Å². The highest BCUT2D eigenvalue weighted by molar-refractivity contribution is 8.00. The first-order chi connectivity index (χ1) is 12.2. The summed E-state index contributed by atoms with van der Waals surface area (Å²) in [5, 5.41) is 10.2. The molecule has 1 heterocycles. The lowest BCUT2D eigenvalue weighted by atomic mass is 10.2. The summed E-state index contributed by atoms with van der Waals surface area (Å²) in [7, 11) is 1.63. The number of H-pyrrole nitrogens is 1. The molecule has 0 fully saturated rings. The summed E-state index contributed by atoms with van der Waals surface area (Å²) in [6, 6.07) is 16.9. The molecule has 0 unspecified atom stereocenters. The third-order valence-electron chi connectivity index (χ3n) is 3.52. The smallest absolute Gasteiger partial charge is 0.237 e. The highest BCUT2D eigenvalue weighted by Crippen LogP contribution is 2.24. The van der Waals surface area contributed by atoms with E-state index in [-0.39, 0.29) is 11.2 Å². The molecular formula is C18H18N4O2S. The van der Waals surface area contributed by atoms with Gasteiger partial charge in [-0.25, -0.2) is 4.98 Å². The fourth-order valence-corrected chi connectivity index (χ4v) is 2.88. The van der Waals surface area contributed by atoms with Gasteiger partial charge in [0.2, 0.25) is 11.1 Å². The van der Waals surface area contributed by atoms with E-state index < -0.39 is 0 Å². The number of nitrogens with one attached hydrogen (secondary N) is 2. The Morgan fingerprint density at radius 3 is 2.56 bits per heavy atom. The first-order valence-corrected chi connectivity index (χ1v) is 8.63. The number of methoxy groups -OCH3 is 1. The average molecular weight is 354 g/mol. The molecule has 0 aliphatic rings. The van der Waals surface area contributed by atoms with Crippen molar-refractivity contribution in [2.24, 2.45) is 0 Å². The molecule has 128 valence electrons. The van der Waals surface area contributed by atoms with Crippen LogP contribution in [0.1, 0.15) is 6.92 Å². The Labute approximate surface area is 150 Å². The maximum Gasteiger partial charge on any atom is 0.237 e. The van der Waals surface area contributed by atoms with Gasteiger partial charge in [0, 0.05) is 11.3 Å². The third-order valence-corrected chi connectivity index (χ3v) is 4.48. The van der Waals surface area contributed by atoms with Gasteiger partial charge in [-0.3, -0.25) is 9.89 Å². The highest BCUT2D eigenvalue weighted by Gasteiger charge is 2.17. The molecule has 0 radical (unpaired) electrons. The van der Waals surface area contributed by atoms with Gasteiger partial charge in [-0.05, 0) is 43.3 Å². The minimum atomic E-state index is -0.320. The molecule has 3 aromatic rings. The van der Waals surface area contributed by atoms with E-state index in [1.807, 2.05) is 61.5 Å². The Balaban J connectivity index is 1.63. The fourth-order valence-electron chi connectivity index (χ4n) is 2.15. The molecule has 25 heavy (non-hydrogen) atoms. The van der Waals surface area contributed by atoms with Crippen molar-refractivity contribution in [1.82, 2.24) is 15.2 Å². The van der Waals surface area contributed by atoms with Gasteiger partial charge in [0.1, 0.15) is 5.75 Å². The monoisotopic (exact) mass is 354 g/mol. The zero-order valence-corrected chi connectivity index (χ0v) is 14.7. The lowest BCUT2D eigenvalue weighted by Crippen LogP contribution is -2.22. The quantitative estimate of drug-likeness (QED) is 0.661. The van der Waals surface area contributed by atoms with E-state index >= 15 is 0 Å². The van der Waals surface area contributed by atoms with Crippen molar-refractivity contribution in [3.8, 4) is 17.1 Å². The van der Waals surface area contributed by atoms with E-state index in [9.17, 15) is 4.79 Å². The van der Waals surface area contributed by atoms with Gasteiger partial charge in [0.05, 0.1) is 12.4 Å². The highest BCUT2D eigenvalue weighted by atomic mass is 32.2. The van der Waals surface area contributed by atoms with E-state index in [1.165, 1.54) is 11.8 Å². The molecule has 2 N–H and O–H groups in total. The van der Waals surface area contributed by atoms with Gasteiger partial charge in [-0.1, -0.05) is 30.0 Å². The second-order valence-corrected chi connectivity index (χ2v) is 6.62. The zero-order valence-electron chi connectivity index (χ0n) is 13.9. The maximum atomic E-state index is 12.3. The molecule has 6 nitrogen and oxygen atoms in total. The Bertz CT molecular complexity index is 834. The minimum Gasteiger partial charge on any atom is -0.497 e. The largest absolute Gasteiger partial charge is 0.497 e. The lowest BCUT2D eigenvalue weighted by molar-refractivity contribution is -0.115. The second-order valence-electron chi connectivity index (χ2n) is 5.31. The van der Waals surface area contributed by atoms with E-state index in [4.69, 9.17) is 4.74 Å². The van der Waals surface area contributed by atoms with Crippen molar-refractivity contribution in [1.29, 1.82) is 0 Å². The van der Waals surface area contributed by atoms with Crippen LogP contribution in [0.15, 0.2) is 59.8 Å². The van der Waals surface area contributed by atoms with Crippen LogP contribution in [0.25, 0.3) is 11.4 Å². The number of ether oxygens (including phenoxy) is 1. The van der Waals surface area contributed by atoms with Gasteiger partial charge < -0.3 is 10.1 Å². The van der Waals surface area contributed by atoms with E-state index in [0.717, 1.165) is 17.0 Å². The summed E-state index contributed by atoms with van der Waals surface area (Å²) in [6.07, 6.45) is 0. The van der Waals surface area contributed by atoms with Gasteiger partial charge >= 0.3 is 0 Å². The van der Waals surface area contributed by atoms with Crippen LogP contribution in [0.5, 0.6) is 5.75 Å². The summed E-state index contributed by atoms with van der Waals surface area (Å²) >= 11 is 1.30. The second kappa shape index (κ2) is 7.85. The van der Waals surface area contributed by atoms with Crippen molar-refractivity contribution in [2.75, 3.05) is 12.4 Å². The number of carbonyl (C=O) groups is 1. The summed E-state index contributed by atoms with van der Waals surface area (Å²) < 4.78 is 5.14. The molecule has 1 aromatic heterocycles. The number of anilines is 1. The number of rotatable bonds is 6. The SMILES string of the molecule is COc1ccc(-c2nc(S[C@@H](C)C(=O)Nc3ccccc3)n[nH]2)cc1. The first-order valence-electron chi connectivity index (χ1n) is 7.75. The standard InChI is InChI=1S/C18H18N4O2S/c1-12(17(23)19-14-6-4-3-5-7-14)25-18-20-16(21-22-18)13-8-10-15(24-2)11-9-13/h3-12H,1-2H3,(H,19,23)(H,20,21,22)/t12-/m0/s1. The molecule has 7 heteroatoms. The number of nitrogens with zero attached hydrogens (tertiary/aromatic N) is 2. The predicted molar refractivity (Wildman–Crippen MR) is 98.8 cm³/mol. The van der Waals surface area contributed by atoms with Gasteiger partial charge in [-0.15, -0.1) is 5.10 Å². The number of para-hydroxylation sites is 1. The van der Waals surface area contributed by atoms with Crippen LogP contribution in [0.3, 0.4) is 0 Å². The summed E-state index contributed by atoms with van der Waals surface area (Å²) in [5.74, 6) is 1.34. The van der Waals surface area contributed by atoms with Crippen LogP contribution in [-0.2, 0) is 4.79 Å². The van der Waals surface area contributed by atoms with Crippen molar-refractivity contribution < 1.29 is 9.53 Å². The molecule has 0 spiro atoms. The Morgan fingerprint density at radius 1 is 1.16 bits per heavy atom. The van der Waals surface area contributed by atoms with Gasteiger partial charge in [0.15, 0.2) is 5.82 Å². The van der Waals surface area contributed by atoms with Crippen LogP contribution in [-0.4, -0.2) is 33.4 Å². The molecule has 1 amide bonds. The molecule has 3 rings (SSSR count). The normalized spacial score (nSPS) is 11.8. The van der Waals surface area contributed by atoms with E-state index in [0.29, 0.717) is 11.0 Å². The topological polar surface area (TPSA) is 79.9 Å². The number of carbonyl (C=O) groups excluding carboxylic acids is 1. The number of hydrogen-bond donors (Lipinski definition) is 2. The van der Waals surface area contributed by atoms with E-state index in [2.05, 4.69) is 20.5 Å². The van der Waals surface area contributed by atoms with Crippen molar-refractivity contribution >= 4 is 23.4 Å². The molecule has 0 aliphatic carbocycles. The van der Waals surface area contributed by atoms with Crippen LogP contribution < -0.4 is 10.1 Å². The Hall–Kier alpha value is -2.80. The average Bonchev–Trinajstić information content (AvgIpc) is 3.11. The van der Waals surface area contributed by atoms with Crippen LogP contribution >= 0.6 is 11.8 Å². The number of amides is 1. The van der Waals surface area contributed by atoms with Crippen molar-refractivity contribution in [3.05, 3.63) is 54.6 Å². The summed E-state index contributed by atoms with van der Waals surface area (Å²) in [5.41, 5.74) is 1.68. The first kappa shape index (κ1) is 17.0. The minimum absolute atomic E-state index is 0.0907. The number of aromatic nitrogens is 3. The van der Waals surface area contributed by atoms with E-state index in [1.54, 1.807) is 7.11 Å². The van der Waals surface area contributed by atoms with Crippen LogP contribution in [0, 0.1) is 0 Å². The summed E-state index contributed by atoms with van der Waals surface area (Å²) in [4.78, 5) is 16.7. The number of thioether (sulfide) groups is 1. The van der Waals surface area contributed by atoms with Crippen molar-refractivity contribution in [3.63, 3.8) is 0 Å². The number of aromatic amines is 1. The zero-order chi connectivity index (χ0) is 17.6. The van der Waals surface area contributed by atoms with Crippen LogP contribution in [0.4, 0.5) is 5.69 Å². The Morgan fingerprint density at radius 2 is 1.88 bits per heavy atom. The molecule has 0 saturated carbocycles. The summed E-state index contributed by atoms with van der Waals surface area (Å²) in [6.45, 7) is 1.83. The third kappa shape index (κ3) is 4.39. The van der Waals surface area contributed by atoms with Gasteiger partial charge in [0.25, 0.3) is 0 Å². The fraction of sp³-hybridized carbons (Fsp3) is 0.167. The molecule has 0 aliphatic heterocycles. The molecular weight excluding hydrogens is 336 g/mol. The van der Waals surface area contributed by atoms with Crippen molar-refractivity contribution in [2.45, 2.75) is 17.3 Å².